The van der Waals surface area contributed by atoms with Crippen LogP contribution in [0.5, 0.6) is 0 Å². The number of amides is 2. The summed E-state index contributed by atoms with van der Waals surface area (Å²) in [4.78, 5) is 49.0. The average molecular weight is 598 g/mol. The van der Waals surface area contributed by atoms with E-state index < -0.39 is 28.7 Å². The van der Waals surface area contributed by atoms with E-state index in [2.05, 4.69) is 15.5 Å². The number of thioether (sulfide) groups is 1. The molecule has 0 bridgehead atoms. The van der Waals surface area contributed by atoms with Crippen LogP contribution in [-0.2, 0) is 33.4 Å². The molecule has 3 N–H and O–H groups in total. The van der Waals surface area contributed by atoms with Crippen molar-refractivity contribution >= 4 is 69.0 Å². The van der Waals surface area contributed by atoms with Crippen molar-refractivity contribution in [1.82, 2.24) is 15.2 Å². The number of hydrogen-bond acceptors (Lipinski definition) is 13. The highest BCUT2D eigenvalue weighted by atomic mass is 32.2. The summed E-state index contributed by atoms with van der Waals surface area (Å²) >= 11 is 8.23. The number of oxime groups is 1. The fraction of sp³-hybridized carbons (Fsp3) is 0.583. The maximum absolute atomic E-state index is 13.4. The number of nitrogens with two attached hydrogens (primary N) is 1. The Kier molecular flexibility index (Phi) is 9.14. The summed E-state index contributed by atoms with van der Waals surface area (Å²) in [5, 5.41) is 8.00. The first-order valence-corrected chi connectivity index (χ1v) is 14.6. The molecule has 4 heterocycles. The number of nitrogens with one attached hydrogen (secondary N) is 1. The maximum Gasteiger partial charge on any atom is 0.314 e. The van der Waals surface area contributed by atoms with Crippen LogP contribution >= 0.6 is 35.3 Å². The number of thiazole rings is 1. The summed E-state index contributed by atoms with van der Waals surface area (Å²) in [5.74, 6) is -0.853. The Morgan fingerprint density at radius 2 is 2.13 bits per heavy atom. The van der Waals surface area contributed by atoms with E-state index in [1.165, 1.54) is 23.8 Å². The van der Waals surface area contributed by atoms with Gasteiger partial charge in [0.2, 0.25) is 11.8 Å². The molecule has 1 aromatic rings. The summed E-state index contributed by atoms with van der Waals surface area (Å²) < 4.78 is 16.7. The molecule has 0 aliphatic carbocycles. The highest BCUT2D eigenvalue weighted by molar-refractivity contribution is 8.00. The topological polar surface area (TPSA) is 155 Å². The number of aromatic nitrogens is 1. The van der Waals surface area contributed by atoms with Crippen LogP contribution in [0.2, 0.25) is 0 Å². The van der Waals surface area contributed by atoms with E-state index in [-0.39, 0.29) is 40.4 Å². The number of ether oxygens (including phenoxy) is 3. The predicted molar refractivity (Wildman–Crippen MR) is 150 cm³/mol. The fourth-order valence-electron chi connectivity index (χ4n) is 4.23. The minimum absolute atomic E-state index is 0.0268. The van der Waals surface area contributed by atoms with Gasteiger partial charge in [0.1, 0.15) is 24.2 Å². The molecule has 4 rings (SSSR count). The van der Waals surface area contributed by atoms with E-state index in [1.807, 2.05) is 0 Å². The van der Waals surface area contributed by atoms with Gasteiger partial charge in [-0.25, -0.2) is 4.98 Å². The van der Waals surface area contributed by atoms with Gasteiger partial charge in [-0.15, -0.1) is 23.1 Å². The number of β-lactam (4-membered cyclic amide) rings is 1. The van der Waals surface area contributed by atoms with Crippen molar-refractivity contribution in [3.8, 4) is 0 Å². The first-order valence-electron chi connectivity index (χ1n) is 12.3. The Hall–Kier alpha value is -2.75. The van der Waals surface area contributed by atoms with Crippen LogP contribution in [0.3, 0.4) is 0 Å². The lowest BCUT2D eigenvalue weighted by Gasteiger charge is -2.50. The summed E-state index contributed by atoms with van der Waals surface area (Å²) in [5.41, 5.74) is 6.53. The lowest BCUT2D eigenvalue weighted by Crippen LogP contribution is -2.71. The molecular formula is C24H31N5O7S3. The predicted octanol–water partition coefficient (Wildman–Crippen LogP) is 2.19. The lowest BCUT2D eigenvalue weighted by atomic mass is 9.98. The number of carbonyl (C=O) groups excluding carboxylic acids is 3. The van der Waals surface area contributed by atoms with Crippen LogP contribution in [-0.4, -0.2) is 82.2 Å². The molecule has 12 nitrogen and oxygen atoms in total. The summed E-state index contributed by atoms with van der Waals surface area (Å²) in [6, 6.07) is -0.832. The zero-order chi connectivity index (χ0) is 28.3. The van der Waals surface area contributed by atoms with E-state index in [0.717, 1.165) is 29.8 Å². The van der Waals surface area contributed by atoms with Crippen LogP contribution in [0.4, 0.5) is 5.13 Å². The summed E-state index contributed by atoms with van der Waals surface area (Å²) in [6.07, 6.45) is 2.51. The van der Waals surface area contributed by atoms with Crippen LogP contribution in [0.25, 0.3) is 0 Å². The van der Waals surface area contributed by atoms with Crippen molar-refractivity contribution in [3.05, 3.63) is 22.3 Å². The molecule has 2 unspecified atom stereocenters. The number of thiocarbonyl (C=S) groups is 1. The first-order chi connectivity index (χ1) is 18.5. The van der Waals surface area contributed by atoms with Crippen LogP contribution < -0.4 is 11.1 Å². The van der Waals surface area contributed by atoms with Crippen molar-refractivity contribution in [3.63, 3.8) is 0 Å². The number of fused-ring (bicyclic) bond motifs is 1. The van der Waals surface area contributed by atoms with Crippen LogP contribution in [0, 0.1) is 5.41 Å². The van der Waals surface area contributed by atoms with Gasteiger partial charge in [-0.2, -0.15) is 0 Å². The van der Waals surface area contributed by atoms with Crippen molar-refractivity contribution in [2.45, 2.75) is 57.6 Å². The largest absolute Gasteiger partial charge is 0.445 e. The number of rotatable bonds is 9. The van der Waals surface area contributed by atoms with Gasteiger partial charge in [-0.05, 0) is 57.8 Å². The SMILES string of the molecule is CO/N=C(/C(=O)NC1C(=O)N2C(C(=S)OCOC(=O)C(C)(C)C)=C(CC3CCCO3)CS[C@H]12)c1csc(N)n1. The molecule has 3 aliphatic heterocycles. The third kappa shape index (κ3) is 6.53. The monoisotopic (exact) mass is 597 g/mol. The number of anilines is 1. The molecule has 39 heavy (non-hydrogen) atoms. The van der Waals surface area contributed by atoms with Crippen LogP contribution in [0.1, 0.15) is 45.7 Å². The Bertz CT molecular complexity index is 1200. The minimum Gasteiger partial charge on any atom is -0.445 e. The van der Waals surface area contributed by atoms with Gasteiger partial charge in [0.15, 0.2) is 10.8 Å². The number of nitrogens with zero attached hydrogens (tertiary/aromatic N) is 3. The zero-order valence-corrected chi connectivity index (χ0v) is 24.5. The molecule has 15 heteroatoms. The lowest BCUT2D eigenvalue weighted by molar-refractivity contribution is -0.160. The molecule has 2 amide bonds. The molecule has 2 saturated heterocycles. The van der Waals surface area contributed by atoms with Gasteiger partial charge in [0, 0.05) is 17.7 Å². The third-order valence-electron chi connectivity index (χ3n) is 6.18. The van der Waals surface area contributed by atoms with Gasteiger partial charge in [-0.1, -0.05) is 5.16 Å². The molecule has 212 valence electrons. The zero-order valence-electron chi connectivity index (χ0n) is 22.1. The molecule has 0 radical (unpaired) electrons. The number of hydrogen-bond donors (Lipinski definition) is 2. The fourth-order valence-corrected chi connectivity index (χ4v) is 6.43. The van der Waals surface area contributed by atoms with Gasteiger partial charge in [0.25, 0.3) is 11.8 Å². The average Bonchev–Trinajstić information content (AvgIpc) is 3.56. The van der Waals surface area contributed by atoms with Gasteiger partial charge >= 0.3 is 5.97 Å². The molecule has 2 fully saturated rings. The molecule has 3 aliphatic rings. The smallest absolute Gasteiger partial charge is 0.314 e. The van der Waals surface area contributed by atoms with Crippen molar-refractivity contribution in [2.75, 3.05) is 32.0 Å². The highest BCUT2D eigenvalue weighted by Gasteiger charge is 2.54. The number of nitrogen functional groups attached to an aromatic ring is 1. The second-order valence-electron chi connectivity index (χ2n) is 10.1. The first kappa shape index (κ1) is 29.2. The normalized spacial score (nSPS) is 23.2. The number of carbonyl (C=O) groups is 3. The summed E-state index contributed by atoms with van der Waals surface area (Å²) in [6.45, 7) is 5.52. The Balaban J connectivity index is 1.50. The molecule has 0 aromatic carbocycles. The van der Waals surface area contributed by atoms with E-state index in [0.29, 0.717) is 24.5 Å². The highest BCUT2D eigenvalue weighted by Crippen LogP contribution is 2.42. The van der Waals surface area contributed by atoms with Crippen molar-refractivity contribution in [2.24, 2.45) is 10.6 Å². The van der Waals surface area contributed by atoms with E-state index in [1.54, 1.807) is 26.2 Å². The van der Waals surface area contributed by atoms with Crippen molar-refractivity contribution in [1.29, 1.82) is 0 Å². The van der Waals surface area contributed by atoms with Gasteiger partial charge < -0.3 is 30.1 Å². The van der Waals surface area contributed by atoms with Gasteiger partial charge in [-0.3, -0.25) is 19.3 Å². The minimum atomic E-state index is -0.832. The second kappa shape index (κ2) is 12.2. The molecule has 0 saturated carbocycles. The summed E-state index contributed by atoms with van der Waals surface area (Å²) in [7, 11) is 1.31. The Morgan fingerprint density at radius 3 is 2.74 bits per heavy atom. The van der Waals surface area contributed by atoms with Gasteiger partial charge in [0.05, 0.1) is 17.2 Å². The molecular weight excluding hydrogens is 566 g/mol. The third-order valence-corrected chi connectivity index (χ3v) is 8.50. The Labute approximate surface area is 239 Å². The molecule has 3 atom stereocenters. The second-order valence-corrected chi connectivity index (χ2v) is 12.4. The quantitative estimate of drug-likeness (QED) is 0.107. The van der Waals surface area contributed by atoms with E-state index in [9.17, 15) is 14.4 Å². The molecule has 0 spiro atoms. The van der Waals surface area contributed by atoms with E-state index >= 15 is 0 Å². The Morgan fingerprint density at radius 1 is 1.36 bits per heavy atom. The van der Waals surface area contributed by atoms with Crippen LogP contribution in [0.15, 0.2) is 21.8 Å². The van der Waals surface area contributed by atoms with Crippen molar-refractivity contribution < 1.29 is 33.4 Å². The number of esters is 1. The maximum atomic E-state index is 13.4. The molecule has 1 aromatic heterocycles. The van der Waals surface area contributed by atoms with E-state index in [4.69, 9.17) is 37.0 Å². The standard InChI is InChI=1S/C24H31N5O7S3/c1-24(2,3)22(32)36-11-35-21(37)17-12(8-13-6-5-7-34-13)9-38-20-16(19(31)29(17)20)27-18(30)15(28-33-4)14-10-39-23(25)26-14/h10,13,16,20H,5-9,11H2,1-4H3,(H2,25,26)(H,27,30)/b28-15+/t13?,16?,20-/m1/s1.